The van der Waals surface area contributed by atoms with E-state index in [1.807, 2.05) is 0 Å². The Morgan fingerprint density at radius 1 is 0.875 bits per heavy atom. The van der Waals surface area contributed by atoms with E-state index in [0.717, 1.165) is 32.3 Å². The van der Waals surface area contributed by atoms with Crippen LogP contribution in [-0.2, 0) is 9.47 Å². The summed E-state index contributed by atoms with van der Waals surface area (Å²) in [6.45, 7) is 3.40. The highest BCUT2D eigenvalue weighted by Crippen LogP contribution is 2.10. The molecule has 0 aromatic heterocycles. The fourth-order valence-electron chi connectivity index (χ4n) is 1.69. The summed E-state index contributed by atoms with van der Waals surface area (Å²) in [4.78, 5) is 0. The maximum absolute atomic E-state index is 7.75. The Balaban J connectivity index is 2.98. The van der Waals surface area contributed by atoms with Crippen LogP contribution in [0.1, 0.15) is 72.5 Å². The average Bonchev–Trinajstić information content (AvgIpc) is 2.32. The number of ether oxygens (including phenoxy) is 2. The second kappa shape index (κ2) is 14.9. The second-order valence-corrected chi connectivity index (χ2v) is 4.30. The SMILES string of the molecule is [2H][C@H](CCC)CCCCCCCCOCOC. The molecule has 0 heterocycles. The van der Waals surface area contributed by atoms with Crippen molar-refractivity contribution in [3.05, 3.63) is 0 Å². The van der Waals surface area contributed by atoms with Crippen LogP contribution in [-0.4, -0.2) is 20.5 Å². The second-order valence-electron chi connectivity index (χ2n) is 4.30. The van der Waals surface area contributed by atoms with Crippen LogP contribution in [0.2, 0.25) is 0 Å². The van der Waals surface area contributed by atoms with Crippen molar-refractivity contribution < 1.29 is 10.8 Å². The van der Waals surface area contributed by atoms with Crippen LogP contribution >= 0.6 is 0 Å². The third-order valence-electron chi connectivity index (χ3n) is 2.64. The molecule has 2 heteroatoms. The molecule has 0 aliphatic carbocycles. The summed E-state index contributed by atoms with van der Waals surface area (Å²) in [5.41, 5.74) is 0. The van der Waals surface area contributed by atoms with Crippen LogP contribution < -0.4 is 0 Å². The van der Waals surface area contributed by atoms with Gasteiger partial charge in [-0.3, -0.25) is 0 Å². The van der Waals surface area contributed by atoms with Crippen LogP contribution in [0, 0.1) is 0 Å². The van der Waals surface area contributed by atoms with Crippen molar-refractivity contribution in [2.75, 3.05) is 20.5 Å². The quantitative estimate of drug-likeness (QED) is 0.342. The van der Waals surface area contributed by atoms with Gasteiger partial charge in [0, 0.05) is 15.1 Å². The Labute approximate surface area is 103 Å². The number of methoxy groups -OCH3 is 1. The van der Waals surface area contributed by atoms with E-state index in [-0.39, 0.29) is 6.40 Å². The maximum atomic E-state index is 7.75. The third-order valence-corrected chi connectivity index (χ3v) is 2.64. The van der Waals surface area contributed by atoms with Crippen LogP contribution in [0.15, 0.2) is 0 Å². The summed E-state index contributed by atoms with van der Waals surface area (Å²) in [6, 6.07) is 0. The van der Waals surface area contributed by atoms with Crippen molar-refractivity contribution in [2.24, 2.45) is 0 Å². The largest absolute Gasteiger partial charge is 0.359 e. The van der Waals surface area contributed by atoms with Gasteiger partial charge in [-0.05, 0) is 6.42 Å². The van der Waals surface area contributed by atoms with Crippen LogP contribution in [0.5, 0.6) is 0 Å². The number of rotatable bonds is 13. The van der Waals surface area contributed by atoms with E-state index in [4.69, 9.17) is 10.8 Å². The first kappa shape index (κ1) is 14.0. The van der Waals surface area contributed by atoms with Gasteiger partial charge in [-0.1, -0.05) is 64.7 Å². The van der Waals surface area contributed by atoms with Crippen molar-refractivity contribution >= 4 is 0 Å². The Morgan fingerprint density at radius 3 is 2.12 bits per heavy atom. The minimum absolute atomic E-state index is 0.183. The molecule has 0 aliphatic rings. The molecule has 0 aromatic carbocycles. The summed E-state index contributed by atoms with van der Waals surface area (Å²) in [5.74, 6) is 0. The first-order valence-electron chi connectivity index (χ1n) is 7.38. The molecular weight excluding hydrogens is 200 g/mol. The predicted molar refractivity (Wildman–Crippen MR) is 69.7 cm³/mol. The van der Waals surface area contributed by atoms with Gasteiger partial charge >= 0.3 is 0 Å². The van der Waals surface area contributed by atoms with Gasteiger partial charge in [-0.2, -0.15) is 0 Å². The summed E-state index contributed by atoms with van der Waals surface area (Å²) in [5, 5.41) is 0. The highest BCUT2D eigenvalue weighted by molar-refractivity contribution is 4.47. The lowest BCUT2D eigenvalue weighted by Gasteiger charge is -2.03. The van der Waals surface area contributed by atoms with Gasteiger partial charge < -0.3 is 9.47 Å². The van der Waals surface area contributed by atoms with Gasteiger partial charge in [0.25, 0.3) is 0 Å². The molecule has 0 saturated carbocycles. The summed E-state index contributed by atoms with van der Waals surface area (Å²) in [6.07, 6.45) is 11.0. The topological polar surface area (TPSA) is 18.5 Å². The normalized spacial score (nSPS) is 13.8. The number of hydrogen-bond acceptors (Lipinski definition) is 2. The van der Waals surface area contributed by atoms with Crippen molar-refractivity contribution in [3.63, 3.8) is 0 Å². The van der Waals surface area contributed by atoms with Gasteiger partial charge in [0.15, 0.2) is 0 Å². The predicted octanol–water partition coefficient (Wildman–Crippen LogP) is 4.53. The zero-order valence-electron chi connectivity index (χ0n) is 12.2. The molecule has 0 fully saturated rings. The molecular formula is C14H30O2. The van der Waals surface area contributed by atoms with Crippen LogP contribution in [0.25, 0.3) is 0 Å². The highest BCUT2D eigenvalue weighted by Gasteiger charge is 1.92. The third kappa shape index (κ3) is 13.9. The molecule has 16 heavy (non-hydrogen) atoms. The summed E-state index contributed by atoms with van der Waals surface area (Å²) < 4.78 is 17.8. The molecule has 0 saturated heterocycles. The van der Waals surface area contributed by atoms with E-state index in [1.54, 1.807) is 7.11 Å². The fraction of sp³-hybridized carbons (Fsp3) is 1.00. The van der Waals surface area contributed by atoms with Gasteiger partial charge in [0.05, 0.1) is 0 Å². The van der Waals surface area contributed by atoms with Crippen molar-refractivity contribution in [1.29, 1.82) is 0 Å². The van der Waals surface area contributed by atoms with E-state index in [1.165, 1.54) is 32.1 Å². The lowest BCUT2D eigenvalue weighted by molar-refractivity contribution is -0.0315. The number of hydrogen-bond donors (Lipinski definition) is 0. The van der Waals surface area contributed by atoms with Gasteiger partial charge in [-0.15, -0.1) is 0 Å². The minimum atomic E-state index is 0.183. The fourth-order valence-corrected chi connectivity index (χ4v) is 1.69. The van der Waals surface area contributed by atoms with E-state index >= 15 is 0 Å². The molecule has 0 amide bonds. The molecule has 2 nitrogen and oxygen atoms in total. The first-order valence-corrected chi connectivity index (χ1v) is 6.80. The zero-order valence-corrected chi connectivity index (χ0v) is 11.2. The molecule has 1 atom stereocenters. The Bertz CT molecular complexity index is 142. The molecule has 0 aromatic rings. The van der Waals surface area contributed by atoms with E-state index in [9.17, 15) is 0 Å². The molecule has 0 spiro atoms. The molecule has 0 N–H and O–H groups in total. The minimum Gasteiger partial charge on any atom is -0.359 e. The number of unbranched alkanes of at least 4 members (excludes halogenated alkanes) is 5. The lowest BCUT2D eigenvalue weighted by Crippen LogP contribution is -1.98. The molecule has 0 unspecified atom stereocenters. The molecule has 0 aliphatic heterocycles. The lowest BCUT2D eigenvalue weighted by atomic mass is 10.1. The molecule has 0 bridgehead atoms. The monoisotopic (exact) mass is 231 g/mol. The molecule has 98 valence electrons. The summed E-state index contributed by atoms with van der Waals surface area (Å²) in [7, 11) is 1.65. The van der Waals surface area contributed by atoms with E-state index in [0.29, 0.717) is 6.79 Å². The Hall–Kier alpha value is -0.0800. The maximum Gasteiger partial charge on any atom is 0.146 e. The van der Waals surface area contributed by atoms with Gasteiger partial charge in [0.1, 0.15) is 6.79 Å². The highest BCUT2D eigenvalue weighted by atomic mass is 16.7. The first-order chi connectivity index (χ1) is 8.31. The van der Waals surface area contributed by atoms with Crippen molar-refractivity contribution in [3.8, 4) is 0 Å². The smallest absolute Gasteiger partial charge is 0.146 e. The zero-order chi connectivity index (χ0) is 12.8. The molecule has 0 radical (unpaired) electrons. The average molecular weight is 231 g/mol. The van der Waals surface area contributed by atoms with Gasteiger partial charge in [-0.25, -0.2) is 0 Å². The van der Waals surface area contributed by atoms with Crippen molar-refractivity contribution in [1.82, 2.24) is 0 Å². The van der Waals surface area contributed by atoms with E-state index in [2.05, 4.69) is 6.92 Å². The van der Waals surface area contributed by atoms with Crippen LogP contribution in [0.4, 0.5) is 0 Å². The standard InChI is InChI=1S/C14H30O2/c1-3-4-5-6-7-8-9-10-11-12-13-16-14-15-2/h3-14H2,1-2H3/i5D/t5-/m1/s1. The summed E-state index contributed by atoms with van der Waals surface area (Å²) >= 11 is 0. The van der Waals surface area contributed by atoms with Gasteiger partial charge in [0.2, 0.25) is 0 Å². The van der Waals surface area contributed by atoms with Crippen molar-refractivity contribution in [2.45, 2.75) is 71.1 Å². The van der Waals surface area contributed by atoms with E-state index < -0.39 is 0 Å². The van der Waals surface area contributed by atoms with Crippen LogP contribution in [0.3, 0.4) is 0 Å². The Morgan fingerprint density at radius 2 is 1.50 bits per heavy atom. The Kier molecular flexibility index (Phi) is 13.0. The molecule has 0 rings (SSSR count).